The van der Waals surface area contributed by atoms with Gasteiger partial charge in [-0.05, 0) is 36.6 Å². The highest BCUT2D eigenvalue weighted by atomic mass is 16.5. The minimum atomic E-state index is -0.631. The molecular formula is C20H25NO4. The molecule has 1 N–H and O–H groups in total. The van der Waals surface area contributed by atoms with Gasteiger partial charge in [-0.25, -0.2) is 0 Å². The van der Waals surface area contributed by atoms with Crippen molar-refractivity contribution in [3.05, 3.63) is 48.0 Å². The van der Waals surface area contributed by atoms with Gasteiger partial charge in [0.05, 0.1) is 14.2 Å². The zero-order chi connectivity index (χ0) is 18.4. The summed E-state index contributed by atoms with van der Waals surface area (Å²) in [6, 6.07) is 13.0. The Bertz CT molecular complexity index is 727. The topological polar surface area (TPSA) is 56.8 Å². The van der Waals surface area contributed by atoms with Crippen LogP contribution in [0.25, 0.3) is 0 Å². The lowest BCUT2D eigenvalue weighted by Gasteiger charge is -2.19. The van der Waals surface area contributed by atoms with Crippen LogP contribution in [0.2, 0.25) is 0 Å². The molecule has 0 aromatic heterocycles. The van der Waals surface area contributed by atoms with E-state index in [1.54, 1.807) is 39.3 Å². The molecule has 5 nitrogen and oxygen atoms in total. The molecule has 5 heteroatoms. The van der Waals surface area contributed by atoms with Crippen molar-refractivity contribution >= 4 is 11.6 Å². The van der Waals surface area contributed by atoms with Gasteiger partial charge >= 0.3 is 0 Å². The summed E-state index contributed by atoms with van der Waals surface area (Å²) in [5.74, 6) is 1.98. The lowest BCUT2D eigenvalue weighted by atomic mass is 10.0. The molecule has 0 aliphatic rings. The van der Waals surface area contributed by atoms with Crippen LogP contribution in [0.15, 0.2) is 42.5 Å². The number of hydrogen-bond donors (Lipinski definition) is 1. The summed E-state index contributed by atoms with van der Waals surface area (Å²) >= 11 is 0. The van der Waals surface area contributed by atoms with Gasteiger partial charge < -0.3 is 19.5 Å². The zero-order valence-electron chi connectivity index (χ0n) is 15.3. The molecule has 1 unspecified atom stereocenters. The Hall–Kier alpha value is -2.69. The summed E-state index contributed by atoms with van der Waals surface area (Å²) in [6.45, 7) is 5.92. The zero-order valence-corrected chi connectivity index (χ0v) is 15.3. The van der Waals surface area contributed by atoms with Crippen molar-refractivity contribution in [2.45, 2.75) is 32.8 Å². The number of ether oxygens (including phenoxy) is 3. The van der Waals surface area contributed by atoms with Gasteiger partial charge in [0.1, 0.15) is 5.75 Å². The number of amides is 1. The number of rotatable bonds is 7. The second-order valence-electron chi connectivity index (χ2n) is 6.01. The molecule has 0 aliphatic heterocycles. The molecule has 0 fully saturated rings. The molecule has 0 heterocycles. The third-order valence-corrected chi connectivity index (χ3v) is 3.87. The van der Waals surface area contributed by atoms with E-state index in [0.717, 1.165) is 11.3 Å². The van der Waals surface area contributed by atoms with Crippen LogP contribution in [0.3, 0.4) is 0 Å². The second-order valence-corrected chi connectivity index (χ2v) is 6.01. The number of nitrogens with one attached hydrogen (secondary N) is 1. The number of para-hydroxylation sites is 1. The van der Waals surface area contributed by atoms with E-state index in [-0.39, 0.29) is 5.91 Å². The number of benzene rings is 2. The van der Waals surface area contributed by atoms with E-state index in [2.05, 4.69) is 19.2 Å². The smallest absolute Gasteiger partial charge is 0.265 e. The van der Waals surface area contributed by atoms with Crippen molar-refractivity contribution in [2.75, 3.05) is 19.5 Å². The molecule has 2 aromatic rings. The molecule has 1 atom stereocenters. The van der Waals surface area contributed by atoms with Crippen molar-refractivity contribution < 1.29 is 19.0 Å². The van der Waals surface area contributed by atoms with Gasteiger partial charge in [-0.15, -0.1) is 0 Å². The van der Waals surface area contributed by atoms with Crippen LogP contribution in [-0.4, -0.2) is 26.2 Å². The maximum Gasteiger partial charge on any atom is 0.265 e. The normalized spacial score (nSPS) is 11.8. The van der Waals surface area contributed by atoms with Crippen LogP contribution in [-0.2, 0) is 4.79 Å². The van der Waals surface area contributed by atoms with Crippen molar-refractivity contribution in [3.8, 4) is 17.2 Å². The largest absolute Gasteiger partial charge is 0.493 e. The van der Waals surface area contributed by atoms with Crippen molar-refractivity contribution in [1.29, 1.82) is 0 Å². The predicted octanol–water partition coefficient (Wildman–Crippen LogP) is 4.23. The van der Waals surface area contributed by atoms with Crippen molar-refractivity contribution in [3.63, 3.8) is 0 Å². The van der Waals surface area contributed by atoms with Crippen LogP contribution >= 0.6 is 0 Å². The summed E-state index contributed by atoms with van der Waals surface area (Å²) < 4.78 is 16.3. The Kier molecular flexibility index (Phi) is 6.28. The first kappa shape index (κ1) is 18.6. The Morgan fingerprint density at radius 3 is 2.24 bits per heavy atom. The standard InChI is InChI=1S/C20H25NO4/c1-13(2)16-8-6-7-9-17(16)25-14(3)20(22)21-15-10-11-18(23-4)19(12-15)24-5/h6-14H,1-5H3,(H,21,22). The van der Waals surface area contributed by atoms with E-state index in [0.29, 0.717) is 23.1 Å². The minimum Gasteiger partial charge on any atom is -0.493 e. The SMILES string of the molecule is COc1ccc(NC(=O)C(C)Oc2ccccc2C(C)C)cc1OC. The number of carbonyl (C=O) groups excluding carboxylic acids is 1. The van der Waals surface area contributed by atoms with Crippen molar-refractivity contribution in [1.82, 2.24) is 0 Å². The lowest BCUT2D eigenvalue weighted by Crippen LogP contribution is -2.30. The summed E-state index contributed by atoms with van der Waals surface area (Å²) in [5, 5.41) is 2.84. The molecule has 0 saturated carbocycles. The first-order valence-corrected chi connectivity index (χ1v) is 8.24. The van der Waals surface area contributed by atoms with E-state index in [9.17, 15) is 4.79 Å². The molecule has 0 spiro atoms. The molecule has 0 radical (unpaired) electrons. The average Bonchev–Trinajstić information content (AvgIpc) is 2.61. The molecule has 1 amide bonds. The summed E-state index contributed by atoms with van der Waals surface area (Å²) in [5.41, 5.74) is 1.70. The first-order valence-electron chi connectivity index (χ1n) is 8.24. The van der Waals surface area contributed by atoms with Gasteiger partial charge in [-0.2, -0.15) is 0 Å². The molecule has 2 rings (SSSR count). The minimum absolute atomic E-state index is 0.231. The highest BCUT2D eigenvalue weighted by Crippen LogP contribution is 2.30. The highest BCUT2D eigenvalue weighted by Gasteiger charge is 2.18. The Morgan fingerprint density at radius 1 is 0.920 bits per heavy atom. The van der Waals surface area contributed by atoms with Gasteiger partial charge in [0.2, 0.25) is 0 Å². The molecular weight excluding hydrogens is 318 g/mol. The quantitative estimate of drug-likeness (QED) is 0.817. The monoisotopic (exact) mass is 343 g/mol. The van der Waals surface area contributed by atoms with Crippen LogP contribution in [0, 0.1) is 0 Å². The number of methoxy groups -OCH3 is 2. The van der Waals surface area contributed by atoms with E-state index >= 15 is 0 Å². The molecule has 25 heavy (non-hydrogen) atoms. The predicted molar refractivity (Wildman–Crippen MR) is 98.8 cm³/mol. The molecule has 134 valence electrons. The Morgan fingerprint density at radius 2 is 1.60 bits per heavy atom. The van der Waals surface area contributed by atoms with Gasteiger partial charge in [0.25, 0.3) is 5.91 Å². The van der Waals surface area contributed by atoms with E-state index < -0.39 is 6.10 Å². The Labute approximate surface area is 148 Å². The second kappa shape index (κ2) is 8.42. The molecule has 2 aromatic carbocycles. The summed E-state index contributed by atoms with van der Waals surface area (Å²) in [7, 11) is 3.12. The Balaban J connectivity index is 2.08. The van der Waals surface area contributed by atoms with Crippen LogP contribution in [0.5, 0.6) is 17.2 Å². The fourth-order valence-electron chi connectivity index (χ4n) is 2.47. The third-order valence-electron chi connectivity index (χ3n) is 3.87. The number of hydrogen-bond acceptors (Lipinski definition) is 4. The lowest BCUT2D eigenvalue weighted by molar-refractivity contribution is -0.122. The fraction of sp³-hybridized carbons (Fsp3) is 0.350. The maximum absolute atomic E-state index is 12.4. The maximum atomic E-state index is 12.4. The van der Waals surface area contributed by atoms with Gasteiger partial charge in [-0.3, -0.25) is 4.79 Å². The molecule has 0 bridgehead atoms. The third kappa shape index (κ3) is 4.66. The van der Waals surface area contributed by atoms with Gasteiger partial charge in [-0.1, -0.05) is 32.0 Å². The van der Waals surface area contributed by atoms with E-state index in [1.165, 1.54) is 0 Å². The van der Waals surface area contributed by atoms with Gasteiger partial charge in [0.15, 0.2) is 17.6 Å². The summed E-state index contributed by atoms with van der Waals surface area (Å²) in [4.78, 5) is 12.4. The average molecular weight is 343 g/mol. The fourth-order valence-corrected chi connectivity index (χ4v) is 2.47. The van der Waals surface area contributed by atoms with Crippen LogP contribution in [0.1, 0.15) is 32.3 Å². The van der Waals surface area contributed by atoms with Crippen molar-refractivity contribution in [2.24, 2.45) is 0 Å². The van der Waals surface area contributed by atoms with E-state index in [1.807, 2.05) is 24.3 Å². The first-order chi connectivity index (χ1) is 12.0. The number of anilines is 1. The molecule has 0 saturated heterocycles. The highest BCUT2D eigenvalue weighted by molar-refractivity contribution is 5.94. The molecule has 0 aliphatic carbocycles. The van der Waals surface area contributed by atoms with Crippen LogP contribution < -0.4 is 19.5 Å². The number of carbonyl (C=O) groups is 1. The van der Waals surface area contributed by atoms with E-state index in [4.69, 9.17) is 14.2 Å². The van der Waals surface area contributed by atoms with Crippen LogP contribution in [0.4, 0.5) is 5.69 Å². The van der Waals surface area contributed by atoms with Gasteiger partial charge in [0, 0.05) is 11.8 Å². The summed E-state index contributed by atoms with van der Waals surface area (Å²) in [6.07, 6.45) is -0.631.